The lowest BCUT2D eigenvalue weighted by Crippen LogP contribution is -2.03. The van der Waals surface area contributed by atoms with Crippen LogP contribution in [0.3, 0.4) is 0 Å². The molecule has 3 heteroatoms. The average molecular weight is 280 g/mol. The van der Waals surface area contributed by atoms with Crippen molar-refractivity contribution < 1.29 is 4.79 Å². The summed E-state index contributed by atoms with van der Waals surface area (Å²) in [4.78, 5) is 12.0. The van der Waals surface area contributed by atoms with Gasteiger partial charge >= 0.3 is 0 Å². The zero-order chi connectivity index (χ0) is 12.8. The molecular formula is C15H20OS2. The van der Waals surface area contributed by atoms with E-state index in [1.54, 1.807) is 0 Å². The first kappa shape index (κ1) is 14.0. The summed E-state index contributed by atoms with van der Waals surface area (Å²) in [5, 5.41) is 0. The van der Waals surface area contributed by atoms with E-state index in [1.807, 2.05) is 35.7 Å². The van der Waals surface area contributed by atoms with E-state index in [9.17, 15) is 4.79 Å². The molecule has 1 saturated heterocycles. The summed E-state index contributed by atoms with van der Waals surface area (Å²) < 4.78 is 0.526. The second-order valence-electron chi connectivity index (χ2n) is 4.58. The number of unbranched alkanes of at least 4 members (excludes halogenated alkanes) is 1. The molecule has 1 aromatic rings. The van der Waals surface area contributed by atoms with Crippen LogP contribution in [0.4, 0.5) is 0 Å². The number of thioether (sulfide) groups is 2. The molecule has 1 heterocycles. The van der Waals surface area contributed by atoms with Gasteiger partial charge in [0.15, 0.2) is 5.78 Å². The number of Topliss-reactive ketones (excluding diaryl/α,β-unsaturated/α-hetero) is 1. The fraction of sp³-hybridized carbons (Fsp3) is 0.533. The second-order valence-corrected chi connectivity index (χ2v) is 7.30. The van der Waals surface area contributed by atoms with Crippen molar-refractivity contribution in [1.82, 2.24) is 0 Å². The Morgan fingerprint density at radius 3 is 2.83 bits per heavy atom. The Labute approximate surface area is 118 Å². The smallest absolute Gasteiger partial charge is 0.162 e. The van der Waals surface area contributed by atoms with E-state index in [4.69, 9.17) is 0 Å². The standard InChI is InChI=1S/C15H20OS2/c1-2-3-8-14(16)12-6-4-7-13(11-12)15-17-9-5-10-18-15/h4,6-7,11,15H,2-3,5,8-10H2,1H3. The monoisotopic (exact) mass is 280 g/mol. The maximum atomic E-state index is 12.0. The van der Waals surface area contributed by atoms with Crippen molar-refractivity contribution in [2.75, 3.05) is 11.5 Å². The largest absolute Gasteiger partial charge is 0.294 e. The lowest BCUT2D eigenvalue weighted by molar-refractivity contribution is 0.0979. The lowest BCUT2D eigenvalue weighted by atomic mass is 10.0. The van der Waals surface area contributed by atoms with Gasteiger partial charge in [-0.25, -0.2) is 0 Å². The molecule has 1 aromatic carbocycles. The zero-order valence-corrected chi connectivity index (χ0v) is 12.5. The van der Waals surface area contributed by atoms with Crippen molar-refractivity contribution in [2.24, 2.45) is 0 Å². The van der Waals surface area contributed by atoms with E-state index in [1.165, 1.54) is 23.5 Å². The molecule has 0 unspecified atom stereocenters. The third-order valence-corrected chi connectivity index (χ3v) is 6.08. The van der Waals surface area contributed by atoms with Crippen molar-refractivity contribution in [3.05, 3.63) is 35.4 Å². The van der Waals surface area contributed by atoms with Gasteiger partial charge < -0.3 is 0 Å². The molecule has 0 spiro atoms. The molecule has 1 aliphatic heterocycles. The number of ketones is 1. The highest BCUT2D eigenvalue weighted by molar-refractivity contribution is 8.16. The Hall–Kier alpha value is -0.410. The van der Waals surface area contributed by atoms with Crippen molar-refractivity contribution >= 4 is 29.3 Å². The highest BCUT2D eigenvalue weighted by Gasteiger charge is 2.17. The number of benzene rings is 1. The molecule has 0 amide bonds. The first-order chi connectivity index (χ1) is 8.81. The minimum absolute atomic E-state index is 0.296. The van der Waals surface area contributed by atoms with Gasteiger partial charge in [0, 0.05) is 12.0 Å². The van der Waals surface area contributed by atoms with Gasteiger partial charge in [-0.2, -0.15) is 0 Å². The Morgan fingerprint density at radius 2 is 2.11 bits per heavy atom. The molecule has 1 fully saturated rings. The highest BCUT2D eigenvalue weighted by Crippen LogP contribution is 2.43. The van der Waals surface area contributed by atoms with Crippen LogP contribution in [0.25, 0.3) is 0 Å². The van der Waals surface area contributed by atoms with Crippen molar-refractivity contribution in [3.8, 4) is 0 Å². The molecular weight excluding hydrogens is 260 g/mol. The molecule has 0 bridgehead atoms. The summed E-state index contributed by atoms with van der Waals surface area (Å²) in [5.41, 5.74) is 2.21. The van der Waals surface area contributed by atoms with Crippen LogP contribution in [0.1, 0.15) is 53.1 Å². The zero-order valence-electron chi connectivity index (χ0n) is 10.9. The Morgan fingerprint density at radius 1 is 1.33 bits per heavy atom. The van der Waals surface area contributed by atoms with Gasteiger partial charge in [-0.15, -0.1) is 23.5 Å². The second kappa shape index (κ2) is 7.25. The molecule has 18 heavy (non-hydrogen) atoms. The highest BCUT2D eigenvalue weighted by atomic mass is 32.2. The third kappa shape index (κ3) is 3.79. The summed E-state index contributed by atoms with van der Waals surface area (Å²) in [5.74, 6) is 2.78. The first-order valence-electron chi connectivity index (χ1n) is 6.67. The van der Waals surface area contributed by atoms with Gasteiger partial charge in [-0.05, 0) is 36.0 Å². The van der Waals surface area contributed by atoms with Crippen molar-refractivity contribution in [1.29, 1.82) is 0 Å². The fourth-order valence-electron chi connectivity index (χ4n) is 2.02. The van der Waals surface area contributed by atoms with E-state index in [0.29, 0.717) is 16.8 Å². The minimum Gasteiger partial charge on any atom is -0.294 e. The topological polar surface area (TPSA) is 17.1 Å². The Kier molecular flexibility index (Phi) is 5.64. The van der Waals surface area contributed by atoms with Crippen LogP contribution in [0.15, 0.2) is 24.3 Å². The number of rotatable bonds is 5. The minimum atomic E-state index is 0.296. The van der Waals surface area contributed by atoms with Gasteiger partial charge in [0.05, 0.1) is 4.58 Å². The SMILES string of the molecule is CCCCC(=O)c1cccc(C2SCCCS2)c1. The maximum absolute atomic E-state index is 12.0. The fourth-order valence-corrected chi connectivity index (χ4v) is 4.89. The number of carbonyl (C=O) groups excluding carboxylic acids is 1. The molecule has 0 aliphatic carbocycles. The van der Waals surface area contributed by atoms with E-state index < -0.39 is 0 Å². The Bertz CT molecular complexity index is 397. The summed E-state index contributed by atoms with van der Waals surface area (Å²) in [6, 6.07) is 8.25. The quantitative estimate of drug-likeness (QED) is 0.712. The van der Waals surface area contributed by atoms with Gasteiger partial charge in [0.2, 0.25) is 0 Å². The first-order valence-corrected chi connectivity index (χ1v) is 8.77. The van der Waals surface area contributed by atoms with Crippen LogP contribution in [0, 0.1) is 0 Å². The van der Waals surface area contributed by atoms with E-state index in [-0.39, 0.29) is 0 Å². The van der Waals surface area contributed by atoms with Crippen LogP contribution in [-0.2, 0) is 0 Å². The van der Waals surface area contributed by atoms with E-state index >= 15 is 0 Å². The average Bonchev–Trinajstić information content (AvgIpc) is 2.46. The summed E-state index contributed by atoms with van der Waals surface area (Å²) in [6.07, 6.45) is 4.07. The molecule has 0 N–H and O–H groups in total. The van der Waals surface area contributed by atoms with E-state index in [0.717, 1.165) is 18.4 Å². The lowest BCUT2D eigenvalue weighted by Gasteiger charge is -2.21. The number of hydrogen-bond donors (Lipinski definition) is 0. The van der Waals surface area contributed by atoms with Gasteiger partial charge in [-0.1, -0.05) is 31.5 Å². The predicted octanol–water partition coefficient (Wildman–Crippen LogP) is 4.93. The molecule has 0 atom stereocenters. The normalized spacial score (nSPS) is 16.7. The summed E-state index contributed by atoms with van der Waals surface area (Å²) >= 11 is 4.01. The van der Waals surface area contributed by atoms with Crippen molar-refractivity contribution in [3.63, 3.8) is 0 Å². The molecule has 0 saturated carbocycles. The van der Waals surface area contributed by atoms with Crippen LogP contribution in [0.2, 0.25) is 0 Å². The Balaban J connectivity index is 2.06. The van der Waals surface area contributed by atoms with Crippen molar-refractivity contribution in [2.45, 2.75) is 37.2 Å². The van der Waals surface area contributed by atoms with Crippen LogP contribution >= 0.6 is 23.5 Å². The molecule has 2 rings (SSSR count). The molecule has 1 aliphatic rings. The molecule has 0 radical (unpaired) electrons. The predicted molar refractivity (Wildman–Crippen MR) is 82.6 cm³/mol. The molecule has 98 valence electrons. The third-order valence-electron chi connectivity index (χ3n) is 3.07. The number of carbonyl (C=O) groups is 1. The summed E-state index contributed by atoms with van der Waals surface area (Å²) in [7, 11) is 0. The summed E-state index contributed by atoms with van der Waals surface area (Å²) in [6.45, 7) is 2.12. The van der Waals surface area contributed by atoms with Gasteiger partial charge in [0.25, 0.3) is 0 Å². The van der Waals surface area contributed by atoms with E-state index in [2.05, 4.69) is 19.1 Å². The number of hydrogen-bond acceptors (Lipinski definition) is 3. The van der Waals surface area contributed by atoms with Crippen LogP contribution < -0.4 is 0 Å². The maximum Gasteiger partial charge on any atom is 0.162 e. The van der Waals surface area contributed by atoms with Crippen LogP contribution in [-0.4, -0.2) is 17.3 Å². The molecule has 1 nitrogen and oxygen atoms in total. The molecule has 0 aromatic heterocycles. The van der Waals surface area contributed by atoms with Gasteiger partial charge in [0.1, 0.15) is 0 Å². The van der Waals surface area contributed by atoms with Crippen LogP contribution in [0.5, 0.6) is 0 Å². The van der Waals surface area contributed by atoms with Gasteiger partial charge in [-0.3, -0.25) is 4.79 Å².